The lowest BCUT2D eigenvalue weighted by atomic mass is 10.3. The van der Waals surface area contributed by atoms with Gasteiger partial charge < -0.3 is 4.74 Å². The average molecular weight is 183 g/mol. The molecular formula is C8H9NO2S. The molecule has 3 nitrogen and oxygen atoms in total. The van der Waals surface area contributed by atoms with Crippen molar-refractivity contribution in [3.05, 3.63) is 21.9 Å². The SMILES string of the molecule is COC(=O)/N=C/c1ccsc1C. The van der Waals surface area contributed by atoms with Crippen molar-refractivity contribution >= 4 is 23.6 Å². The first kappa shape index (κ1) is 8.93. The Bertz CT molecular complexity index is 304. The number of rotatable bonds is 1. The number of aryl methyl sites for hydroxylation is 1. The zero-order valence-corrected chi connectivity index (χ0v) is 7.72. The van der Waals surface area contributed by atoms with Crippen molar-refractivity contribution in [2.45, 2.75) is 6.92 Å². The van der Waals surface area contributed by atoms with Crippen LogP contribution >= 0.6 is 11.3 Å². The third kappa shape index (κ3) is 2.17. The Morgan fingerprint density at radius 1 is 1.75 bits per heavy atom. The zero-order valence-electron chi connectivity index (χ0n) is 6.90. The number of methoxy groups -OCH3 is 1. The monoisotopic (exact) mass is 183 g/mol. The van der Waals surface area contributed by atoms with E-state index in [0.717, 1.165) is 10.4 Å². The quantitative estimate of drug-likeness (QED) is 0.626. The Kier molecular flexibility index (Phi) is 2.99. The standard InChI is InChI=1S/C8H9NO2S/c1-6-7(3-4-12-6)5-9-8(10)11-2/h3-5H,1-2H3/b9-5+. The van der Waals surface area contributed by atoms with Gasteiger partial charge in [0.2, 0.25) is 0 Å². The summed E-state index contributed by atoms with van der Waals surface area (Å²) in [6, 6.07) is 1.91. The molecule has 1 amide bonds. The molecule has 0 bridgehead atoms. The molecule has 1 rings (SSSR count). The number of ether oxygens (including phenoxy) is 1. The summed E-state index contributed by atoms with van der Waals surface area (Å²) in [5.74, 6) is 0. The second-order valence-corrected chi connectivity index (χ2v) is 3.28. The number of thiophene rings is 1. The van der Waals surface area contributed by atoms with Crippen molar-refractivity contribution in [3.8, 4) is 0 Å². The summed E-state index contributed by atoms with van der Waals surface area (Å²) in [7, 11) is 1.31. The molecule has 64 valence electrons. The molecule has 0 atom stereocenters. The van der Waals surface area contributed by atoms with Gasteiger partial charge in [-0.05, 0) is 18.4 Å². The number of carbonyl (C=O) groups is 1. The molecule has 1 heterocycles. The highest BCUT2D eigenvalue weighted by atomic mass is 32.1. The van der Waals surface area contributed by atoms with E-state index in [-0.39, 0.29) is 0 Å². The molecule has 0 saturated carbocycles. The predicted molar refractivity (Wildman–Crippen MR) is 49.1 cm³/mol. The van der Waals surface area contributed by atoms with Gasteiger partial charge in [0.1, 0.15) is 0 Å². The van der Waals surface area contributed by atoms with Gasteiger partial charge in [-0.25, -0.2) is 4.79 Å². The Morgan fingerprint density at radius 3 is 3.00 bits per heavy atom. The van der Waals surface area contributed by atoms with Gasteiger partial charge in [-0.15, -0.1) is 11.3 Å². The summed E-state index contributed by atoms with van der Waals surface area (Å²) in [5.41, 5.74) is 0.963. The third-order valence-corrected chi connectivity index (χ3v) is 2.24. The minimum absolute atomic E-state index is 0.569. The number of nitrogens with zero attached hydrogens (tertiary/aromatic N) is 1. The summed E-state index contributed by atoms with van der Waals surface area (Å²) in [5, 5.41) is 1.95. The van der Waals surface area contributed by atoms with E-state index in [2.05, 4.69) is 9.73 Å². The van der Waals surface area contributed by atoms with Crippen LogP contribution in [0.25, 0.3) is 0 Å². The molecule has 0 aromatic carbocycles. The molecule has 0 radical (unpaired) electrons. The van der Waals surface area contributed by atoms with Crippen LogP contribution in [-0.2, 0) is 4.74 Å². The molecule has 0 saturated heterocycles. The van der Waals surface area contributed by atoms with Gasteiger partial charge in [0.25, 0.3) is 0 Å². The van der Waals surface area contributed by atoms with Crippen LogP contribution in [0.1, 0.15) is 10.4 Å². The van der Waals surface area contributed by atoms with Crippen molar-refractivity contribution in [1.29, 1.82) is 0 Å². The van der Waals surface area contributed by atoms with Crippen molar-refractivity contribution in [1.82, 2.24) is 0 Å². The number of aliphatic imine (C=N–C) groups is 1. The van der Waals surface area contributed by atoms with E-state index in [1.165, 1.54) is 13.3 Å². The summed E-state index contributed by atoms with van der Waals surface area (Å²) in [6.45, 7) is 1.98. The van der Waals surface area contributed by atoms with Crippen LogP contribution in [0.2, 0.25) is 0 Å². The second-order valence-electron chi connectivity index (χ2n) is 2.16. The highest BCUT2D eigenvalue weighted by Gasteiger charge is 1.96. The molecule has 4 heteroatoms. The van der Waals surface area contributed by atoms with E-state index < -0.39 is 6.09 Å². The summed E-state index contributed by atoms with van der Waals surface area (Å²) in [4.78, 5) is 15.3. The lowest BCUT2D eigenvalue weighted by molar-refractivity contribution is 0.183. The Morgan fingerprint density at radius 2 is 2.50 bits per heavy atom. The molecule has 0 N–H and O–H groups in total. The molecule has 1 aromatic rings. The van der Waals surface area contributed by atoms with Gasteiger partial charge in [0.05, 0.1) is 7.11 Å². The lowest BCUT2D eigenvalue weighted by Gasteiger charge is -1.89. The molecule has 1 aromatic heterocycles. The summed E-state index contributed by atoms with van der Waals surface area (Å²) in [6.07, 6.45) is 0.943. The van der Waals surface area contributed by atoms with E-state index in [1.54, 1.807) is 11.3 Å². The highest BCUT2D eigenvalue weighted by Crippen LogP contribution is 2.12. The van der Waals surface area contributed by atoms with Crippen LogP contribution < -0.4 is 0 Å². The normalized spacial score (nSPS) is 10.5. The summed E-state index contributed by atoms with van der Waals surface area (Å²) < 4.78 is 4.35. The zero-order chi connectivity index (χ0) is 8.97. The van der Waals surface area contributed by atoms with Crippen LogP contribution in [0.5, 0.6) is 0 Å². The molecule has 0 aliphatic rings. The molecule has 0 spiro atoms. The van der Waals surface area contributed by atoms with Crippen molar-refractivity contribution in [2.24, 2.45) is 4.99 Å². The number of amides is 1. The van der Waals surface area contributed by atoms with Gasteiger partial charge >= 0.3 is 6.09 Å². The van der Waals surface area contributed by atoms with Crippen LogP contribution in [0.15, 0.2) is 16.4 Å². The maximum absolute atomic E-state index is 10.6. The van der Waals surface area contributed by atoms with Gasteiger partial charge in [0, 0.05) is 16.7 Å². The topological polar surface area (TPSA) is 38.7 Å². The minimum Gasteiger partial charge on any atom is -0.451 e. The van der Waals surface area contributed by atoms with E-state index >= 15 is 0 Å². The lowest BCUT2D eigenvalue weighted by Crippen LogP contribution is -1.93. The van der Waals surface area contributed by atoms with E-state index in [4.69, 9.17) is 0 Å². The number of hydrogen-bond acceptors (Lipinski definition) is 3. The fraction of sp³-hybridized carbons (Fsp3) is 0.250. The maximum Gasteiger partial charge on any atom is 0.433 e. The first-order valence-electron chi connectivity index (χ1n) is 3.40. The highest BCUT2D eigenvalue weighted by molar-refractivity contribution is 7.10. The molecule has 0 unspecified atom stereocenters. The van der Waals surface area contributed by atoms with Crippen LogP contribution in [0.4, 0.5) is 4.79 Å². The van der Waals surface area contributed by atoms with Crippen LogP contribution in [0.3, 0.4) is 0 Å². The Hall–Kier alpha value is -1.16. The van der Waals surface area contributed by atoms with Crippen molar-refractivity contribution < 1.29 is 9.53 Å². The fourth-order valence-electron chi connectivity index (χ4n) is 0.704. The predicted octanol–water partition coefficient (Wildman–Crippen LogP) is 2.24. The molecule has 0 fully saturated rings. The first-order chi connectivity index (χ1) is 5.74. The first-order valence-corrected chi connectivity index (χ1v) is 4.28. The number of carbonyl (C=O) groups excluding carboxylic acids is 1. The smallest absolute Gasteiger partial charge is 0.433 e. The van der Waals surface area contributed by atoms with E-state index in [0.29, 0.717) is 0 Å². The molecule has 12 heavy (non-hydrogen) atoms. The molecule has 0 aliphatic heterocycles. The van der Waals surface area contributed by atoms with Crippen LogP contribution in [0, 0.1) is 6.92 Å². The second kappa shape index (κ2) is 4.01. The molecular weight excluding hydrogens is 174 g/mol. The maximum atomic E-state index is 10.6. The van der Waals surface area contributed by atoms with E-state index in [1.807, 2.05) is 18.4 Å². The minimum atomic E-state index is -0.569. The Balaban J connectivity index is 2.69. The molecule has 0 aliphatic carbocycles. The largest absolute Gasteiger partial charge is 0.451 e. The van der Waals surface area contributed by atoms with E-state index in [9.17, 15) is 4.79 Å². The van der Waals surface area contributed by atoms with Crippen LogP contribution in [-0.4, -0.2) is 19.4 Å². The number of hydrogen-bond donors (Lipinski definition) is 0. The van der Waals surface area contributed by atoms with Crippen molar-refractivity contribution in [3.63, 3.8) is 0 Å². The Labute approximate surface area is 74.7 Å². The van der Waals surface area contributed by atoms with Gasteiger partial charge in [-0.2, -0.15) is 4.99 Å². The van der Waals surface area contributed by atoms with Gasteiger partial charge in [0.15, 0.2) is 0 Å². The van der Waals surface area contributed by atoms with Gasteiger partial charge in [-0.1, -0.05) is 0 Å². The average Bonchev–Trinajstić information content (AvgIpc) is 2.47. The summed E-state index contributed by atoms with van der Waals surface area (Å²) >= 11 is 1.62. The van der Waals surface area contributed by atoms with Crippen molar-refractivity contribution in [2.75, 3.05) is 7.11 Å². The third-order valence-electron chi connectivity index (χ3n) is 1.38. The van der Waals surface area contributed by atoms with Gasteiger partial charge in [-0.3, -0.25) is 0 Å². The fourth-order valence-corrected chi connectivity index (χ4v) is 1.38.